The fraction of sp³-hybridized carbons (Fsp3) is 0.222. The highest BCUT2D eigenvalue weighted by Gasteiger charge is 2.43. The van der Waals surface area contributed by atoms with Gasteiger partial charge in [-0.05, 0) is 48.8 Å². The Morgan fingerprint density at radius 3 is 2.18 bits per heavy atom. The van der Waals surface area contributed by atoms with Crippen molar-refractivity contribution >= 4 is 34.8 Å². The van der Waals surface area contributed by atoms with Crippen molar-refractivity contribution in [1.29, 1.82) is 0 Å². The summed E-state index contributed by atoms with van der Waals surface area (Å²) in [7, 11) is 0. The third-order valence-corrected chi connectivity index (χ3v) is 6.20. The summed E-state index contributed by atoms with van der Waals surface area (Å²) in [6.07, 6.45) is 0.825. The summed E-state index contributed by atoms with van der Waals surface area (Å²) in [4.78, 5) is 29.5. The van der Waals surface area contributed by atoms with E-state index in [-0.39, 0.29) is 18.2 Å². The van der Waals surface area contributed by atoms with Crippen molar-refractivity contribution in [3.8, 4) is 0 Å². The first-order valence-electron chi connectivity index (χ1n) is 11.1. The fourth-order valence-electron chi connectivity index (χ4n) is 3.99. The van der Waals surface area contributed by atoms with E-state index in [0.717, 1.165) is 23.1 Å². The second-order valence-corrected chi connectivity index (χ2v) is 8.58. The van der Waals surface area contributed by atoms with Gasteiger partial charge >= 0.3 is 0 Å². The number of nitrogens with one attached hydrogen (secondary N) is 1. The van der Waals surface area contributed by atoms with Crippen LogP contribution in [0.5, 0.6) is 0 Å². The Balaban J connectivity index is 1.53. The summed E-state index contributed by atoms with van der Waals surface area (Å²) in [5, 5.41) is 3.76. The number of hydrogen-bond donors (Lipinski definition) is 1. The standard InChI is InChI=1S/C27H27N3O2S/c1-20-12-14-23(15-13-20)30-25(31)18-24(26(30)32)29(17-16-21-8-4-2-5-9-21)27(33)28-19-22-10-6-3-7-11-22/h2-15,24H,16-19H2,1H3,(H,28,33). The van der Waals surface area contributed by atoms with E-state index < -0.39 is 6.04 Å². The lowest BCUT2D eigenvalue weighted by Gasteiger charge is -2.30. The normalized spacial score (nSPS) is 15.5. The maximum absolute atomic E-state index is 13.4. The van der Waals surface area contributed by atoms with Crippen LogP contribution in [-0.2, 0) is 22.6 Å². The fourth-order valence-corrected chi connectivity index (χ4v) is 4.28. The van der Waals surface area contributed by atoms with Gasteiger partial charge in [0.15, 0.2) is 5.11 Å². The Morgan fingerprint density at radius 1 is 0.939 bits per heavy atom. The molecule has 3 aromatic rings. The van der Waals surface area contributed by atoms with Gasteiger partial charge in [0.2, 0.25) is 5.91 Å². The Bertz CT molecular complexity index is 1120. The number of thiocarbonyl (C=S) groups is 1. The summed E-state index contributed by atoms with van der Waals surface area (Å²) < 4.78 is 0. The smallest absolute Gasteiger partial charge is 0.257 e. The van der Waals surface area contributed by atoms with Crippen LogP contribution in [0, 0.1) is 6.92 Å². The van der Waals surface area contributed by atoms with Crippen LogP contribution >= 0.6 is 12.2 Å². The van der Waals surface area contributed by atoms with Gasteiger partial charge in [0, 0.05) is 13.1 Å². The van der Waals surface area contributed by atoms with E-state index in [1.807, 2.05) is 84.6 Å². The molecular weight excluding hydrogens is 430 g/mol. The number of rotatable bonds is 7. The Kier molecular flexibility index (Phi) is 7.15. The van der Waals surface area contributed by atoms with Gasteiger partial charge in [-0.1, -0.05) is 78.4 Å². The number of amides is 2. The van der Waals surface area contributed by atoms with Crippen LogP contribution in [-0.4, -0.2) is 34.4 Å². The van der Waals surface area contributed by atoms with Crippen molar-refractivity contribution in [2.24, 2.45) is 0 Å². The molecule has 1 N–H and O–H groups in total. The molecule has 1 atom stereocenters. The molecule has 0 radical (unpaired) electrons. The third-order valence-electron chi connectivity index (χ3n) is 5.82. The number of nitrogens with zero attached hydrogens (tertiary/aromatic N) is 2. The maximum Gasteiger partial charge on any atom is 0.257 e. The van der Waals surface area contributed by atoms with Crippen LogP contribution in [0.2, 0.25) is 0 Å². The van der Waals surface area contributed by atoms with E-state index in [2.05, 4.69) is 17.4 Å². The summed E-state index contributed by atoms with van der Waals surface area (Å²) >= 11 is 5.72. The molecule has 0 aromatic heterocycles. The zero-order chi connectivity index (χ0) is 23.2. The zero-order valence-electron chi connectivity index (χ0n) is 18.6. The molecule has 4 rings (SSSR count). The molecule has 6 heteroatoms. The number of anilines is 1. The Hall–Kier alpha value is -3.51. The molecule has 0 spiro atoms. The third kappa shape index (κ3) is 5.46. The molecule has 1 aliphatic rings. The summed E-state index contributed by atoms with van der Waals surface area (Å²) in [6, 6.07) is 26.9. The van der Waals surface area contributed by atoms with Crippen LogP contribution in [0.4, 0.5) is 5.69 Å². The van der Waals surface area contributed by atoms with Crippen molar-refractivity contribution in [2.45, 2.75) is 32.4 Å². The SMILES string of the molecule is Cc1ccc(N2C(=O)CC(N(CCc3ccccc3)C(=S)NCc3ccccc3)C2=O)cc1. The van der Waals surface area contributed by atoms with Crippen LogP contribution < -0.4 is 10.2 Å². The molecule has 33 heavy (non-hydrogen) atoms. The average molecular weight is 458 g/mol. The van der Waals surface area contributed by atoms with Gasteiger partial charge in [0.05, 0.1) is 12.1 Å². The first kappa shape index (κ1) is 22.7. The van der Waals surface area contributed by atoms with Gasteiger partial charge in [-0.3, -0.25) is 9.59 Å². The molecule has 1 aliphatic heterocycles. The van der Waals surface area contributed by atoms with Crippen molar-refractivity contribution in [2.75, 3.05) is 11.4 Å². The average Bonchev–Trinajstić information content (AvgIpc) is 3.13. The van der Waals surface area contributed by atoms with Gasteiger partial charge in [0.25, 0.3) is 5.91 Å². The summed E-state index contributed by atoms with van der Waals surface area (Å²) in [6.45, 7) is 3.07. The highest BCUT2D eigenvalue weighted by Crippen LogP contribution is 2.26. The highest BCUT2D eigenvalue weighted by atomic mass is 32.1. The molecule has 168 valence electrons. The first-order valence-corrected chi connectivity index (χ1v) is 11.5. The van der Waals surface area contributed by atoms with E-state index in [1.54, 1.807) is 0 Å². The Morgan fingerprint density at radius 2 is 1.55 bits per heavy atom. The molecule has 1 unspecified atom stereocenters. The van der Waals surface area contributed by atoms with Crippen molar-refractivity contribution < 1.29 is 9.59 Å². The molecule has 0 bridgehead atoms. The first-order chi connectivity index (χ1) is 16.0. The molecule has 1 saturated heterocycles. The number of carbonyl (C=O) groups excluding carboxylic acids is 2. The largest absolute Gasteiger partial charge is 0.358 e. The molecule has 0 saturated carbocycles. The van der Waals surface area contributed by atoms with E-state index in [4.69, 9.17) is 12.2 Å². The molecule has 3 aromatic carbocycles. The highest BCUT2D eigenvalue weighted by molar-refractivity contribution is 7.80. The van der Waals surface area contributed by atoms with Crippen molar-refractivity contribution in [3.63, 3.8) is 0 Å². The predicted octanol–water partition coefficient (Wildman–Crippen LogP) is 4.25. The van der Waals surface area contributed by atoms with Crippen LogP contribution in [0.15, 0.2) is 84.9 Å². The zero-order valence-corrected chi connectivity index (χ0v) is 19.4. The number of benzene rings is 3. The number of hydrogen-bond acceptors (Lipinski definition) is 3. The lowest BCUT2D eigenvalue weighted by molar-refractivity contribution is -0.122. The second-order valence-electron chi connectivity index (χ2n) is 8.20. The minimum absolute atomic E-state index is 0.106. The number of imide groups is 1. The number of carbonyl (C=O) groups is 2. The molecule has 5 nitrogen and oxygen atoms in total. The van der Waals surface area contributed by atoms with Crippen LogP contribution in [0.25, 0.3) is 0 Å². The monoisotopic (exact) mass is 457 g/mol. The topological polar surface area (TPSA) is 52.7 Å². The van der Waals surface area contributed by atoms with E-state index in [0.29, 0.717) is 23.9 Å². The van der Waals surface area contributed by atoms with E-state index >= 15 is 0 Å². The molecule has 0 aliphatic carbocycles. The van der Waals surface area contributed by atoms with Gasteiger partial charge < -0.3 is 10.2 Å². The maximum atomic E-state index is 13.4. The Labute approximate surface area is 200 Å². The molecule has 2 amide bonds. The van der Waals surface area contributed by atoms with Gasteiger partial charge in [0.1, 0.15) is 6.04 Å². The van der Waals surface area contributed by atoms with Crippen molar-refractivity contribution in [3.05, 3.63) is 102 Å². The van der Waals surface area contributed by atoms with Gasteiger partial charge in [-0.25, -0.2) is 4.90 Å². The quantitative estimate of drug-likeness (QED) is 0.425. The molecule has 1 heterocycles. The minimum Gasteiger partial charge on any atom is -0.358 e. The number of aryl methyl sites for hydroxylation is 1. The van der Waals surface area contributed by atoms with Crippen LogP contribution in [0.3, 0.4) is 0 Å². The molecular formula is C27H27N3O2S. The lowest BCUT2D eigenvalue weighted by Crippen LogP contribution is -2.50. The van der Waals surface area contributed by atoms with Crippen LogP contribution in [0.1, 0.15) is 23.1 Å². The second kappa shape index (κ2) is 10.4. The predicted molar refractivity (Wildman–Crippen MR) is 135 cm³/mol. The summed E-state index contributed by atoms with van der Waals surface area (Å²) in [5.74, 6) is -0.440. The van der Waals surface area contributed by atoms with Gasteiger partial charge in [-0.2, -0.15) is 0 Å². The van der Waals surface area contributed by atoms with E-state index in [1.165, 1.54) is 4.90 Å². The lowest BCUT2D eigenvalue weighted by atomic mass is 10.1. The minimum atomic E-state index is -0.627. The van der Waals surface area contributed by atoms with Gasteiger partial charge in [-0.15, -0.1) is 0 Å². The molecule has 1 fully saturated rings. The van der Waals surface area contributed by atoms with Crippen molar-refractivity contribution in [1.82, 2.24) is 10.2 Å². The summed E-state index contributed by atoms with van der Waals surface area (Å²) in [5.41, 5.74) is 3.92. The van der Waals surface area contributed by atoms with E-state index in [9.17, 15) is 9.59 Å².